The van der Waals surface area contributed by atoms with Gasteiger partial charge >= 0.3 is 0 Å². The van der Waals surface area contributed by atoms with Crippen LogP contribution in [-0.4, -0.2) is 12.5 Å². The van der Waals surface area contributed by atoms with Crippen molar-refractivity contribution in [1.82, 2.24) is 5.32 Å². The molecule has 0 atom stereocenters. The zero-order chi connectivity index (χ0) is 6.41. The maximum absolute atomic E-state index is 10.4. The summed E-state index contributed by atoms with van der Waals surface area (Å²) < 4.78 is 0. The first kappa shape index (κ1) is 7.21. The SMILES string of the molecule is [CH]=CCC(=O)NCC. The Balaban J connectivity index is 3.18. The van der Waals surface area contributed by atoms with Crippen molar-refractivity contribution in [3.05, 3.63) is 12.7 Å². The van der Waals surface area contributed by atoms with Crippen molar-refractivity contribution >= 4 is 5.91 Å². The van der Waals surface area contributed by atoms with Gasteiger partial charge in [0.1, 0.15) is 0 Å². The quantitative estimate of drug-likeness (QED) is 0.566. The standard InChI is InChI=1S/C6H10NO/c1-3-5-6(8)7-4-2/h1,3H,4-5H2,2H3,(H,7,8). The van der Waals surface area contributed by atoms with Crippen LogP contribution >= 0.6 is 0 Å². The summed E-state index contributed by atoms with van der Waals surface area (Å²) in [6, 6.07) is 0. The lowest BCUT2D eigenvalue weighted by molar-refractivity contribution is -0.120. The molecule has 0 saturated carbocycles. The molecule has 2 nitrogen and oxygen atoms in total. The van der Waals surface area contributed by atoms with Gasteiger partial charge in [-0.25, -0.2) is 0 Å². The fraction of sp³-hybridized carbons (Fsp3) is 0.500. The van der Waals surface area contributed by atoms with E-state index in [1.807, 2.05) is 6.92 Å². The molecular weight excluding hydrogens is 102 g/mol. The lowest BCUT2D eigenvalue weighted by Gasteiger charge is -1.94. The zero-order valence-corrected chi connectivity index (χ0v) is 4.98. The first-order valence-corrected chi connectivity index (χ1v) is 2.61. The van der Waals surface area contributed by atoms with E-state index in [1.165, 1.54) is 6.08 Å². The van der Waals surface area contributed by atoms with Crippen LogP contribution in [0.1, 0.15) is 13.3 Å². The van der Waals surface area contributed by atoms with Crippen LogP contribution in [0.3, 0.4) is 0 Å². The van der Waals surface area contributed by atoms with Crippen LogP contribution in [0.2, 0.25) is 0 Å². The van der Waals surface area contributed by atoms with Crippen molar-refractivity contribution in [3.8, 4) is 0 Å². The van der Waals surface area contributed by atoms with E-state index in [-0.39, 0.29) is 5.91 Å². The number of amides is 1. The minimum Gasteiger partial charge on any atom is -0.356 e. The maximum Gasteiger partial charge on any atom is 0.223 e. The van der Waals surface area contributed by atoms with Gasteiger partial charge in [0.25, 0.3) is 0 Å². The van der Waals surface area contributed by atoms with Crippen molar-refractivity contribution in [3.63, 3.8) is 0 Å². The van der Waals surface area contributed by atoms with Crippen LogP contribution in [0.15, 0.2) is 6.08 Å². The lowest BCUT2D eigenvalue weighted by atomic mass is 10.4. The molecule has 1 radical (unpaired) electrons. The van der Waals surface area contributed by atoms with Gasteiger partial charge in [0.05, 0.1) is 0 Å². The number of nitrogens with one attached hydrogen (secondary N) is 1. The fourth-order valence-electron chi connectivity index (χ4n) is 0.376. The summed E-state index contributed by atoms with van der Waals surface area (Å²) >= 11 is 0. The minimum absolute atomic E-state index is 0.0185. The topological polar surface area (TPSA) is 29.1 Å². The molecule has 0 aliphatic rings. The van der Waals surface area contributed by atoms with Crippen LogP contribution < -0.4 is 5.32 Å². The van der Waals surface area contributed by atoms with Gasteiger partial charge in [-0.3, -0.25) is 4.79 Å². The Morgan fingerprint density at radius 3 is 2.88 bits per heavy atom. The molecule has 0 aliphatic heterocycles. The molecule has 1 amide bonds. The van der Waals surface area contributed by atoms with E-state index in [9.17, 15) is 4.79 Å². The predicted molar refractivity (Wildman–Crippen MR) is 32.2 cm³/mol. The second-order valence-electron chi connectivity index (χ2n) is 1.39. The molecular formula is C6H10NO. The third kappa shape index (κ3) is 3.40. The van der Waals surface area contributed by atoms with E-state index in [4.69, 9.17) is 6.58 Å². The van der Waals surface area contributed by atoms with Gasteiger partial charge < -0.3 is 5.32 Å². The monoisotopic (exact) mass is 112 g/mol. The number of carbonyl (C=O) groups excluding carboxylic acids is 1. The van der Waals surface area contributed by atoms with Crippen molar-refractivity contribution in [2.75, 3.05) is 6.54 Å². The molecule has 8 heavy (non-hydrogen) atoms. The molecule has 0 rings (SSSR count). The molecule has 45 valence electrons. The van der Waals surface area contributed by atoms with Crippen LogP contribution in [-0.2, 0) is 4.79 Å². The van der Waals surface area contributed by atoms with Gasteiger partial charge in [0.2, 0.25) is 5.91 Å². The van der Waals surface area contributed by atoms with Crippen LogP contribution in [0.5, 0.6) is 0 Å². The molecule has 0 aromatic rings. The molecule has 0 fully saturated rings. The summed E-state index contributed by atoms with van der Waals surface area (Å²) in [6.45, 7) is 7.52. The second kappa shape index (κ2) is 4.37. The lowest BCUT2D eigenvalue weighted by Crippen LogP contribution is -2.21. The van der Waals surface area contributed by atoms with Gasteiger partial charge in [-0.15, -0.1) is 0 Å². The molecule has 1 N–H and O–H groups in total. The third-order valence-electron chi connectivity index (χ3n) is 0.677. The van der Waals surface area contributed by atoms with Gasteiger partial charge in [-0.05, 0) is 6.92 Å². The molecule has 0 heterocycles. The summed E-state index contributed by atoms with van der Waals surface area (Å²) in [5.74, 6) is -0.0185. The Morgan fingerprint density at radius 1 is 1.88 bits per heavy atom. The average molecular weight is 112 g/mol. The van der Waals surface area contributed by atoms with Crippen molar-refractivity contribution in [2.24, 2.45) is 0 Å². The first-order valence-electron chi connectivity index (χ1n) is 2.61. The highest BCUT2D eigenvalue weighted by Crippen LogP contribution is 1.76. The summed E-state index contributed by atoms with van der Waals surface area (Å²) in [4.78, 5) is 10.4. The molecule has 2 heteroatoms. The highest BCUT2D eigenvalue weighted by molar-refractivity contribution is 5.77. The highest BCUT2D eigenvalue weighted by Gasteiger charge is 1.90. The normalized spacial score (nSPS) is 8.12. The summed E-state index contributed by atoms with van der Waals surface area (Å²) in [5, 5.41) is 2.60. The molecule has 0 unspecified atom stereocenters. The van der Waals surface area contributed by atoms with Gasteiger partial charge in [0.15, 0.2) is 0 Å². The number of rotatable bonds is 3. The average Bonchev–Trinajstić information content (AvgIpc) is 1.68. The summed E-state index contributed by atoms with van der Waals surface area (Å²) in [7, 11) is 0. The fourth-order valence-corrected chi connectivity index (χ4v) is 0.376. The van der Waals surface area contributed by atoms with Gasteiger partial charge in [0, 0.05) is 13.0 Å². The zero-order valence-electron chi connectivity index (χ0n) is 4.98. The van der Waals surface area contributed by atoms with Gasteiger partial charge in [-0.2, -0.15) is 0 Å². The molecule has 0 bridgehead atoms. The number of hydrogen-bond donors (Lipinski definition) is 1. The highest BCUT2D eigenvalue weighted by atomic mass is 16.1. The third-order valence-corrected chi connectivity index (χ3v) is 0.677. The molecule has 0 aromatic heterocycles. The summed E-state index contributed by atoms with van der Waals surface area (Å²) in [5.41, 5.74) is 0. The van der Waals surface area contributed by atoms with Crippen molar-refractivity contribution in [1.29, 1.82) is 0 Å². The van der Waals surface area contributed by atoms with E-state index in [2.05, 4.69) is 5.32 Å². The Kier molecular flexibility index (Phi) is 3.94. The van der Waals surface area contributed by atoms with E-state index < -0.39 is 0 Å². The number of hydrogen-bond acceptors (Lipinski definition) is 1. The Morgan fingerprint density at radius 2 is 2.50 bits per heavy atom. The Bertz CT molecular complexity index is 88.5. The largest absolute Gasteiger partial charge is 0.356 e. The Labute approximate surface area is 49.6 Å². The Hall–Kier alpha value is -0.790. The summed E-state index contributed by atoms with van der Waals surface area (Å²) in [6.07, 6.45) is 1.65. The van der Waals surface area contributed by atoms with Gasteiger partial charge in [-0.1, -0.05) is 12.7 Å². The van der Waals surface area contributed by atoms with Crippen molar-refractivity contribution in [2.45, 2.75) is 13.3 Å². The van der Waals surface area contributed by atoms with Crippen molar-refractivity contribution < 1.29 is 4.79 Å². The second-order valence-corrected chi connectivity index (χ2v) is 1.39. The van der Waals surface area contributed by atoms with Crippen LogP contribution in [0.4, 0.5) is 0 Å². The van der Waals surface area contributed by atoms with Crippen LogP contribution in [0, 0.1) is 6.58 Å². The molecule has 0 saturated heterocycles. The maximum atomic E-state index is 10.4. The van der Waals surface area contributed by atoms with E-state index in [0.29, 0.717) is 13.0 Å². The van der Waals surface area contributed by atoms with E-state index in [1.54, 1.807) is 0 Å². The van der Waals surface area contributed by atoms with Crippen LogP contribution in [0.25, 0.3) is 0 Å². The van der Waals surface area contributed by atoms with E-state index >= 15 is 0 Å². The van der Waals surface area contributed by atoms with E-state index in [0.717, 1.165) is 0 Å². The first-order chi connectivity index (χ1) is 3.81. The minimum atomic E-state index is -0.0185. The smallest absolute Gasteiger partial charge is 0.223 e. The molecule has 0 aliphatic carbocycles. The molecule has 0 aromatic carbocycles. The molecule has 0 spiro atoms. The predicted octanol–water partition coefficient (Wildman–Crippen LogP) is 0.502. The number of carbonyl (C=O) groups is 1.